The Balaban J connectivity index is 2.84. The molecule has 0 aliphatic carbocycles. The fourth-order valence-corrected chi connectivity index (χ4v) is 2.16. The number of rotatable bonds is 2. The van der Waals surface area contributed by atoms with E-state index in [-0.39, 0.29) is 5.91 Å². The van der Waals surface area contributed by atoms with E-state index in [9.17, 15) is 4.79 Å². The van der Waals surface area contributed by atoms with Gasteiger partial charge in [-0.15, -0.1) is 0 Å². The van der Waals surface area contributed by atoms with E-state index in [4.69, 9.17) is 0 Å². The summed E-state index contributed by atoms with van der Waals surface area (Å²) in [5.74, 6) is 0.148. The molecule has 13 heavy (non-hydrogen) atoms. The SMILES string of the molecule is C=C(C)SC1=C(C)C(=O)N(C)CC1. The number of carbonyl (C=O) groups excluding carboxylic acids is 1. The molecule has 0 unspecified atom stereocenters. The van der Waals surface area contributed by atoms with Crippen molar-refractivity contribution in [3.63, 3.8) is 0 Å². The van der Waals surface area contributed by atoms with Gasteiger partial charge in [-0.25, -0.2) is 0 Å². The highest BCUT2D eigenvalue weighted by Crippen LogP contribution is 2.32. The van der Waals surface area contributed by atoms with Gasteiger partial charge in [0.2, 0.25) is 5.91 Å². The molecule has 72 valence electrons. The van der Waals surface area contributed by atoms with Crippen LogP contribution >= 0.6 is 11.8 Å². The Morgan fingerprint density at radius 3 is 2.77 bits per heavy atom. The van der Waals surface area contributed by atoms with Crippen molar-refractivity contribution < 1.29 is 4.79 Å². The minimum Gasteiger partial charge on any atom is -0.342 e. The first-order valence-electron chi connectivity index (χ1n) is 4.31. The average Bonchev–Trinajstić information content (AvgIpc) is 2.06. The number of thioether (sulfide) groups is 1. The van der Waals surface area contributed by atoms with Crippen LogP contribution in [0.2, 0.25) is 0 Å². The summed E-state index contributed by atoms with van der Waals surface area (Å²) in [6.45, 7) is 8.51. The molecular formula is C10H15NOS. The molecule has 0 fully saturated rings. The van der Waals surface area contributed by atoms with Crippen molar-refractivity contribution in [1.82, 2.24) is 4.90 Å². The molecule has 0 saturated heterocycles. The summed E-state index contributed by atoms with van der Waals surface area (Å²) < 4.78 is 0. The Labute approximate surface area is 83.7 Å². The van der Waals surface area contributed by atoms with E-state index in [1.54, 1.807) is 16.7 Å². The minimum atomic E-state index is 0.148. The molecule has 0 radical (unpaired) electrons. The summed E-state index contributed by atoms with van der Waals surface area (Å²) in [6.07, 6.45) is 0.964. The Hall–Kier alpha value is -0.700. The zero-order valence-corrected chi connectivity index (χ0v) is 9.20. The Kier molecular flexibility index (Phi) is 3.20. The predicted molar refractivity (Wildman–Crippen MR) is 57.4 cm³/mol. The molecule has 0 saturated carbocycles. The number of amides is 1. The van der Waals surface area contributed by atoms with E-state index in [0.29, 0.717) is 0 Å². The van der Waals surface area contributed by atoms with Gasteiger partial charge in [0.15, 0.2) is 0 Å². The van der Waals surface area contributed by atoms with Crippen molar-refractivity contribution in [1.29, 1.82) is 0 Å². The lowest BCUT2D eigenvalue weighted by atomic mass is 10.1. The molecular weight excluding hydrogens is 182 g/mol. The standard InChI is InChI=1S/C10H15NOS/c1-7(2)13-9-5-6-11(4)10(12)8(9)3/h1,5-6H2,2-4H3. The second-order valence-corrected chi connectivity index (χ2v) is 4.72. The van der Waals surface area contributed by atoms with Crippen molar-refractivity contribution in [2.24, 2.45) is 0 Å². The monoisotopic (exact) mass is 197 g/mol. The number of carbonyl (C=O) groups is 1. The summed E-state index contributed by atoms with van der Waals surface area (Å²) in [7, 11) is 1.84. The highest BCUT2D eigenvalue weighted by atomic mass is 32.2. The maximum atomic E-state index is 11.5. The summed E-state index contributed by atoms with van der Waals surface area (Å²) >= 11 is 1.63. The molecule has 1 amide bonds. The quantitative estimate of drug-likeness (QED) is 0.677. The predicted octanol–water partition coefficient (Wildman–Crippen LogP) is 2.39. The molecule has 3 heteroatoms. The fourth-order valence-electron chi connectivity index (χ4n) is 1.30. The van der Waals surface area contributed by atoms with E-state index in [1.165, 1.54) is 4.91 Å². The Morgan fingerprint density at radius 2 is 2.23 bits per heavy atom. The topological polar surface area (TPSA) is 20.3 Å². The van der Waals surface area contributed by atoms with Crippen LogP contribution in [-0.2, 0) is 4.79 Å². The lowest BCUT2D eigenvalue weighted by Gasteiger charge is -2.25. The van der Waals surface area contributed by atoms with Crippen LogP contribution < -0.4 is 0 Å². The fraction of sp³-hybridized carbons (Fsp3) is 0.500. The van der Waals surface area contributed by atoms with Gasteiger partial charge in [0.1, 0.15) is 0 Å². The van der Waals surface area contributed by atoms with Crippen LogP contribution in [0.5, 0.6) is 0 Å². The Morgan fingerprint density at radius 1 is 1.62 bits per heavy atom. The van der Waals surface area contributed by atoms with Crippen molar-refractivity contribution in [3.8, 4) is 0 Å². The zero-order valence-electron chi connectivity index (χ0n) is 8.39. The molecule has 0 N–H and O–H groups in total. The van der Waals surface area contributed by atoms with Crippen LogP contribution in [-0.4, -0.2) is 24.4 Å². The van der Waals surface area contributed by atoms with Crippen LogP contribution in [0.4, 0.5) is 0 Å². The van der Waals surface area contributed by atoms with Gasteiger partial charge in [0.25, 0.3) is 0 Å². The van der Waals surface area contributed by atoms with E-state index >= 15 is 0 Å². The molecule has 2 nitrogen and oxygen atoms in total. The molecule has 0 aromatic heterocycles. The number of likely N-dealkylation sites (N-methyl/N-ethyl adjacent to an activating group) is 1. The molecule has 1 rings (SSSR count). The average molecular weight is 197 g/mol. The van der Waals surface area contributed by atoms with Gasteiger partial charge in [0, 0.05) is 19.2 Å². The second-order valence-electron chi connectivity index (χ2n) is 3.33. The molecule has 0 spiro atoms. The first-order valence-corrected chi connectivity index (χ1v) is 5.12. The highest BCUT2D eigenvalue weighted by Gasteiger charge is 2.21. The zero-order chi connectivity index (χ0) is 10.0. The summed E-state index contributed by atoms with van der Waals surface area (Å²) in [5.41, 5.74) is 0.877. The van der Waals surface area contributed by atoms with Crippen LogP contribution in [0, 0.1) is 0 Å². The van der Waals surface area contributed by atoms with Gasteiger partial charge in [0.05, 0.1) is 0 Å². The molecule has 1 aliphatic rings. The van der Waals surface area contributed by atoms with Crippen molar-refractivity contribution in [2.45, 2.75) is 20.3 Å². The number of hydrogen-bond donors (Lipinski definition) is 0. The molecule has 0 aromatic carbocycles. The van der Waals surface area contributed by atoms with Gasteiger partial charge < -0.3 is 4.90 Å². The third-order valence-corrected chi connectivity index (χ3v) is 3.16. The maximum Gasteiger partial charge on any atom is 0.250 e. The molecule has 1 aliphatic heterocycles. The molecule has 0 bridgehead atoms. The number of hydrogen-bond acceptors (Lipinski definition) is 2. The van der Waals surface area contributed by atoms with Gasteiger partial charge in [-0.05, 0) is 30.1 Å². The summed E-state index contributed by atoms with van der Waals surface area (Å²) in [5, 5.41) is 0. The van der Waals surface area contributed by atoms with Crippen LogP contribution in [0.15, 0.2) is 22.0 Å². The largest absolute Gasteiger partial charge is 0.342 e. The molecule has 1 heterocycles. The molecule has 0 aromatic rings. The van der Waals surface area contributed by atoms with Gasteiger partial charge in [-0.1, -0.05) is 18.3 Å². The summed E-state index contributed by atoms with van der Waals surface area (Å²) in [4.78, 5) is 15.5. The Bertz CT molecular complexity index is 281. The van der Waals surface area contributed by atoms with Crippen molar-refractivity contribution in [3.05, 3.63) is 22.0 Å². The first kappa shape index (κ1) is 10.4. The van der Waals surface area contributed by atoms with E-state index < -0.39 is 0 Å². The first-order chi connectivity index (χ1) is 6.02. The van der Waals surface area contributed by atoms with Crippen molar-refractivity contribution in [2.75, 3.05) is 13.6 Å². The maximum absolute atomic E-state index is 11.5. The summed E-state index contributed by atoms with van der Waals surface area (Å²) in [6, 6.07) is 0. The van der Waals surface area contributed by atoms with E-state index in [0.717, 1.165) is 23.4 Å². The van der Waals surface area contributed by atoms with Crippen LogP contribution in [0.3, 0.4) is 0 Å². The number of allylic oxidation sites excluding steroid dienone is 1. The lowest BCUT2D eigenvalue weighted by molar-refractivity contribution is -0.126. The van der Waals surface area contributed by atoms with Crippen LogP contribution in [0.25, 0.3) is 0 Å². The second kappa shape index (κ2) is 4.01. The molecule has 0 atom stereocenters. The third kappa shape index (κ3) is 2.37. The minimum absolute atomic E-state index is 0.148. The van der Waals surface area contributed by atoms with Gasteiger partial charge in [-0.2, -0.15) is 0 Å². The van der Waals surface area contributed by atoms with Gasteiger partial charge >= 0.3 is 0 Å². The lowest BCUT2D eigenvalue weighted by Crippen LogP contribution is -2.32. The normalized spacial score (nSPS) is 18.1. The van der Waals surface area contributed by atoms with Crippen LogP contribution in [0.1, 0.15) is 20.3 Å². The van der Waals surface area contributed by atoms with E-state index in [1.807, 2.05) is 20.9 Å². The van der Waals surface area contributed by atoms with Crippen molar-refractivity contribution >= 4 is 17.7 Å². The van der Waals surface area contributed by atoms with E-state index in [2.05, 4.69) is 6.58 Å². The third-order valence-electron chi connectivity index (χ3n) is 2.06. The highest BCUT2D eigenvalue weighted by molar-refractivity contribution is 8.06. The smallest absolute Gasteiger partial charge is 0.250 e. The van der Waals surface area contributed by atoms with Gasteiger partial charge in [-0.3, -0.25) is 4.79 Å². The number of nitrogens with zero attached hydrogens (tertiary/aromatic N) is 1.